The monoisotopic (exact) mass is 255 g/mol. The van der Waals surface area contributed by atoms with Crippen LogP contribution in [-0.2, 0) is 16.1 Å². The molecule has 5 heteroatoms. The van der Waals surface area contributed by atoms with Crippen LogP contribution in [0.1, 0.15) is 19.4 Å². The van der Waals surface area contributed by atoms with Gasteiger partial charge in [-0.25, -0.2) is 4.39 Å². The lowest BCUT2D eigenvalue weighted by Crippen LogP contribution is -2.32. The van der Waals surface area contributed by atoms with E-state index in [9.17, 15) is 9.18 Å². The van der Waals surface area contributed by atoms with Gasteiger partial charge in [-0.15, -0.1) is 0 Å². The van der Waals surface area contributed by atoms with Gasteiger partial charge in [0, 0.05) is 12.6 Å². The highest BCUT2D eigenvalue weighted by molar-refractivity contribution is 5.75. The van der Waals surface area contributed by atoms with Crippen LogP contribution in [0.4, 0.5) is 4.39 Å². The molecule has 0 fully saturated rings. The largest absolute Gasteiger partial charge is 0.492 e. The summed E-state index contributed by atoms with van der Waals surface area (Å²) < 4.78 is 23.3. The van der Waals surface area contributed by atoms with Crippen LogP contribution in [0.5, 0.6) is 5.75 Å². The molecule has 0 spiro atoms. The molecule has 1 rings (SSSR count). The minimum Gasteiger partial charge on any atom is -0.492 e. The van der Waals surface area contributed by atoms with Gasteiger partial charge in [-0.1, -0.05) is 0 Å². The van der Waals surface area contributed by atoms with Crippen molar-refractivity contribution in [2.45, 2.75) is 20.4 Å². The van der Waals surface area contributed by atoms with Crippen molar-refractivity contribution in [3.8, 4) is 5.75 Å². The molecule has 0 aliphatic carbocycles. The Bertz CT molecular complexity index is 432. The van der Waals surface area contributed by atoms with Gasteiger partial charge in [0.05, 0.1) is 12.5 Å². The molecule has 0 aliphatic rings. The van der Waals surface area contributed by atoms with Crippen molar-refractivity contribution < 1.29 is 18.7 Å². The van der Waals surface area contributed by atoms with E-state index in [0.717, 1.165) is 0 Å². The van der Waals surface area contributed by atoms with Crippen LogP contribution >= 0.6 is 0 Å². The summed E-state index contributed by atoms with van der Waals surface area (Å²) in [6.07, 6.45) is 0. The van der Waals surface area contributed by atoms with E-state index < -0.39 is 11.2 Å². The predicted molar refractivity (Wildman–Crippen MR) is 65.6 cm³/mol. The molecule has 18 heavy (non-hydrogen) atoms. The van der Waals surface area contributed by atoms with Crippen LogP contribution in [-0.4, -0.2) is 19.7 Å². The molecule has 0 radical (unpaired) electrons. The molecule has 0 atom stereocenters. The van der Waals surface area contributed by atoms with Crippen LogP contribution in [0.15, 0.2) is 18.2 Å². The highest BCUT2D eigenvalue weighted by Crippen LogP contribution is 2.22. The minimum atomic E-state index is -0.788. The molecule has 1 aromatic rings. The second kappa shape index (κ2) is 5.82. The Kier molecular flexibility index (Phi) is 4.67. The van der Waals surface area contributed by atoms with Crippen molar-refractivity contribution >= 4 is 5.97 Å². The average Bonchev–Trinajstić information content (AvgIpc) is 2.34. The van der Waals surface area contributed by atoms with E-state index in [-0.39, 0.29) is 19.1 Å². The number of ether oxygens (including phenoxy) is 2. The number of halogens is 1. The first-order valence-electron chi connectivity index (χ1n) is 5.60. The van der Waals surface area contributed by atoms with Crippen molar-refractivity contribution in [2.75, 3.05) is 13.7 Å². The summed E-state index contributed by atoms with van der Waals surface area (Å²) >= 11 is 0. The number of methoxy groups -OCH3 is 1. The van der Waals surface area contributed by atoms with Crippen LogP contribution in [0.2, 0.25) is 0 Å². The molecule has 0 aromatic heterocycles. The second-order valence-electron chi connectivity index (χ2n) is 4.66. The molecule has 0 unspecified atom stereocenters. The van der Waals surface area contributed by atoms with E-state index in [1.807, 2.05) is 0 Å². The van der Waals surface area contributed by atoms with Gasteiger partial charge in [-0.05, 0) is 31.5 Å². The summed E-state index contributed by atoms with van der Waals surface area (Å²) in [5.41, 5.74) is 5.29. The molecule has 2 N–H and O–H groups in total. The van der Waals surface area contributed by atoms with Gasteiger partial charge in [0.25, 0.3) is 0 Å². The quantitative estimate of drug-likeness (QED) is 0.816. The van der Waals surface area contributed by atoms with Gasteiger partial charge >= 0.3 is 5.97 Å². The first-order valence-corrected chi connectivity index (χ1v) is 5.60. The average molecular weight is 255 g/mol. The normalized spacial score (nSPS) is 11.2. The fourth-order valence-corrected chi connectivity index (χ4v) is 1.42. The van der Waals surface area contributed by atoms with Gasteiger partial charge in [0.1, 0.15) is 18.2 Å². The van der Waals surface area contributed by atoms with E-state index in [1.165, 1.54) is 19.2 Å². The lowest BCUT2D eigenvalue weighted by Gasteiger charge is -2.21. The van der Waals surface area contributed by atoms with Crippen LogP contribution in [0.25, 0.3) is 0 Å². The van der Waals surface area contributed by atoms with E-state index in [1.54, 1.807) is 19.9 Å². The molecular weight excluding hydrogens is 237 g/mol. The molecular formula is C13H18FNO3. The lowest BCUT2D eigenvalue weighted by molar-refractivity contribution is -0.152. The van der Waals surface area contributed by atoms with E-state index in [0.29, 0.717) is 11.3 Å². The molecule has 0 amide bonds. The van der Waals surface area contributed by atoms with Gasteiger partial charge < -0.3 is 15.2 Å². The number of rotatable bonds is 5. The molecule has 0 aliphatic heterocycles. The van der Waals surface area contributed by atoms with Crippen molar-refractivity contribution in [1.82, 2.24) is 0 Å². The predicted octanol–water partition coefficient (Wildman–Crippen LogP) is 1.86. The zero-order valence-electron chi connectivity index (χ0n) is 10.8. The third-order valence-electron chi connectivity index (χ3n) is 2.50. The summed E-state index contributed by atoms with van der Waals surface area (Å²) in [4.78, 5) is 11.4. The Morgan fingerprint density at radius 3 is 2.61 bits per heavy atom. The number of nitrogens with two attached hydrogens (primary N) is 1. The van der Waals surface area contributed by atoms with Gasteiger partial charge in [0.2, 0.25) is 0 Å². The zero-order valence-corrected chi connectivity index (χ0v) is 10.8. The molecule has 4 nitrogen and oxygen atoms in total. The van der Waals surface area contributed by atoms with E-state index in [4.69, 9.17) is 10.5 Å². The van der Waals surface area contributed by atoms with E-state index >= 15 is 0 Å². The van der Waals surface area contributed by atoms with Crippen molar-refractivity contribution in [1.29, 1.82) is 0 Å². The topological polar surface area (TPSA) is 61.5 Å². The number of benzene rings is 1. The molecule has 0 saturated carbocycles. The number of hydrogen-bond acceptors (Lipinski definition) is 4. The SMILES string of the molecule is COC(=O)C(C)(C)COc1cc(F)cc(CN)c1. The third kappa shape index (κ3) is 3.70. The fourth-order valence-electron chi connectivity index (χ4n) is 1.42. The lowest BCUT2D eigenvalue weighted by atomic mass is 9.95. The van der Waals surface area contributed by atoms with Crippen LogP contribution < -0.4 is 10.5 Å². The first-order chi connectivity index (χ1) is 8.39. The van der Waals surface area contributed by atoms with E-state index in [2.05, 4.69) is 4.74 Å². The van der Waals surface area contributed by atoms with Gasteiger partial charge in [-0.2, -0.15) is 0 Å². The number of carbonyl (C=O) groups is 1. The minimum absolute atomic E-state index is 0.104. The van der Waals surface area contributed by atoms with Gasteiger partial charge in [-0.3, -0.25) is 4.79 Å². The zero-order chi connectivity index (χ0) is 13.8. The Hall–Kier alpha value is -1.62. The molecule has 1 aromatic carbocycles. The summed E-state index contributed by atoms with van der Waals surface area (Å²) in [5.74, 6) is -0.436. The summed E-state index contributed by atoms with van der Waals surface area (Å²) in [7, 11) is 1.32. The van der Waals surface area contributed by atoms with Crippen molar-refractivity contribution in [2.24, 2.45) is 11.1 Å². The van der Waals surface area contributed by atoms with Gasteiger partial charge in [0.15, 0.2) is 0 Å². The maximum atomic E-state index is 13.2. The highest BCUT2D eigenvalue weighted by atomic mass is 19.1. The summed E-state index contributed by atoms with van der Waals surface area (Å²) in [5, 5.41) is 0. The Labute approximate surface area is 106 Å². The second-order valence-corrected chi connectivity index (χ2v) is 4.66. The Balaban J connectivity index is 2.74. The van der Waals surface area contributed by atoms with Crippen LogP contribution in [0.3, 0.4) is 0 Å². The molecule has 0 heterocycles. The van der Waals surface area contributed by atoms with Crippen LogP contribution in [0, 0.1) is 11.2 Å². The number of hydrogen-bond donors (Lipinski definition) is 1. The standard InChI is InChI=1S/C13H18FNO3/c1-13(2,12(16)17-3)8-18-11-5-9(7-15)4-10(14)6-11/h4-6H,7-8,15H2,1-3H3. The molecule has 0 saturated heterocycles. The van der Waals surface area contributed by atoms with Crippen molar-refractivity contribution in [3.05, 3.63) is 29.6 Å². The number of esters is 1. The Morgan fingerprint density at radius 1 is 1.39 bits per heavy atom. The summed E-state index contributed by atoms with van der Waals surface area (Å²) in [6.45, 7) is 3.73. The first kappa shape index (κ1) is 14.4. The molecule has 0 bridgehead atoms. The maximum absolute atomic E-state index is 13.2. The summed E-state index contributed by atoms with van der Waals surface area (Å²) in [6, 6.07) is 4.25. The third-order valence-corrected chi connectivity index (χ3v) is 2.50. The maximum Gasteiger partial charge on any atom is 0.314 e. The smallest absolute Gasteiger partial charge is 0.314 e. The highest BCUT2D eigenvalue weighted by Gasteiger charge is 2.29. The fraction of sp³-hybridized carbons (Fsp3) is 0.462. The van der Waals surface area contributed by atoms with Crippen molar-refractivity contribution in [3.63, 3.8) is 0 Å². The number of carbonyl (C=O) groups excluding carboxylic acids is 1. The Morgan fingerprint density at radius 2 is 2.06 bits per heavy atom. The molecule has 100 valence electrons.